The largest absolute Gasteiger partial charge is 0.466 e. The molecule has 0 aliphatic rings. The van der Waals surface area contributed by atoms with E-state index in [4.69, 9.17) is 10.6 Å². The molecule has 1 aromatic carbocycles. The molecule has 0 aliphatic carbocycles. The van der Waals surface area contributed by atoms with Crippen molar-refractivity contribution in [2.45, 2.75) is 13.3 Å². The number of carbonyl (C=O) groups is 2. The van der Waals surface area contributed by atoms with Crippen LogP contribution in [0, 0.1) is 0 Å². The van der Waals surface area contributed by atoms with Gasteiger partial charge in [-0.15, -0.1) is 11.3 Å². The number of aromatic nitrogens is 1. The van der Waals surface area contributed by atoms with Gasteiger partial charge in [-0.2, -0.15) is 4.99 Å². The summed E-state index contributed by atoms with van der Waals surface area (Å²) in [6.07, 6.45) is 0.0515. The van der Waals surface area contributed by atoms with Gasteiger partial charge in [0, 0.05) is 10.9 Å². The second-order valence-electron chi connectivity index (χ2n) is 4.14. The summed E-state index contributed by atoms with van der Waals surface area (Å²) in [5.41, 5.74) is 1.04. The number of benzene rings is 1. The van der Waals surface area contributed by atoms with E-state index >= 15 is 0 Å². The minimum atomic E-state index is -0.376. The van der Waals surface area contributed by atoms with Crippen molar-refractivity contribution in [3.05, 3.63) is 51.8 Å². The third kappa shape index (κ3) is 3.79. The van der Waals surface area contributed by atoms with Gasteiger partial charge in [-0.05, 0) is 19.1 Å². The molecule has 0 bridgehead atoms. The Morgan fingerprint density at radius 2 is 2.05 bits per heavy atom. The van der Waals surface area contributed by atoms with Crippen molar-refractivity contribution in [3.8, 4) is 0 Å². The molecule has 0 fully saturated rings. The number of amides is 1. The van der Waals surface area contributed by atoms with Gasteiger partial charge < -0.3 is 10.6 Å². The number of hydrogen-bond acceptors (Lipinski definition) is 5. The highest BCUT2D eigenvalue weighted by Gasteiger charge is 2.10. The van der Waals surface area contributed by atoms with E-state index in [0.717, 1.165) is 0 Å². The second kappa shape index (κ2) is 6.85. The molecule has 1 heterocycles. The minimum Gasteiger partial charge on any atom is -0.466 e. The zero-order valence-electron chi connectivity index (χ0n) is 11.5. The third-order valence-corrected chi connectivity index (χ3v) is 3.55. The van der Waals surface area contributed by atoms with Gasteiger partial charge in [-0.25, -0.2) is 4.68 Å². The van der Waals surface area contributed by atoms with Crippen LogP contribution in [0.25, 0.3) is 0 Å². The summed E-state index contributed by atoms with van der Waals surface area (Å²) in [6, 6.07) is 8.71. The van der Waals surface area contributed by atoms with Gasteiger partial charge in [0.05, 0.1) is 18.7 Å². The maximum atomic E-state index is 12.0. The van der Waals surface area contributed by atoms with Crippen LogP contribution in [0.2, 0.25) is 0 Å². The van der Waals surface area contributed by atoms with Crippen molar-refractivity contribution in [2.24, 2.45) is 4.99 Å². The van der Waals surface area contributed by atoms with Gasteiger partial charge in [0.2, 0.25) is 4.80 Å². The maximum Gasteiger partial charge on any atom is 0.311 e. The van der Waals surface area contributed by atoms with E-state index < -0.39 is 0 Å². The maximum absolute atomic E-state index is 12.0. The average molecular weight is 305 g/mol. The molecule has 0 unspecified atom stereocenters. The van der Waals surface area contributed by atoms with Gasteiger partial charge in [-0.3, -0.25) is 9.59 Å². The Bertz CT molecular complexity index is 704. The normalized spacial score (nSPS) is 11.4. The Hall–Kier alpha value is -2.41. The Labute approximate surface area is 125 Å². The van der Waals surface area contributed by atoms with E-state index in [0.29, 0.717) is 22.7 Å². The highest BCUT2D eigenvalue weighted by atomic mass is 32.1. The van der Waals surface area contributed by atoms with E-state index in [1.54, 1.807) is 36.6 Å². The monoisotopic (exact) mass is 305 g/mol. The fourth-order valence-electron chi connectivity index (χ4n) is 1.66. The number of rotatable bonds is 4. The highest BCUT2D eigenvalue weighted by molar-refractivity contribution is 7.07. The Morgan fingerprint density at radius 1 is 1.33 bits per heavy atom. The Kier molecular flexibility index (Phi) is 4.89. The van der Waals surface area contributed by atoms with Gasteiger partial charge >= 0.3 is 5.97 Å². The van der Waals surface area contributed by atoms with Crippen molar-refractivity contribution in [3.63, 3.8) is 0 Å². The lowest BCUT2D eigenvalue weighted by molar-refractivity contribution is -0.142. The molecule has 0 spiro atoms. The van der Waals surface area contributed by atoms with Crippen LogP contribution >= 0.6 is 11.3 Å². The van der Waals surface area contributed by atoms with Crippen LogP contribution in [0.5, 0.6) is 0 Å². The summed E-state index contributed by atoms with van der Waals surface area (Å²) in [6.45, 7) is 2.05. The molecule has 21 heavy (non-hydrogen) atoms. The second-order valence-corrected chi connectivity index (χ2v) is 4.98. The molecule has 0 aliphatic heterocycles. The molecular formula is C14H15N3O3S. The van der Waals surface area contributed by atoms with Crippen LogP contribution in [0.4, 0.5) is 0 Å². The first-order chi connectivity index (χ1) is 10.1. The summed E-state index contributed by atoms with van der Waals surface area (Å²) in [5, 5.41) is 1.69. The van der Waals surface area contributed by atoms with E-state index in [1.165, 1.54) is 16.0 Å². The molecule has 0 atom stereocenters. The molecule has 7 heteroatoms. The summed E-state index contributed by atoms with van der Waals surface area (Å²) >= 11 is 1.20. The smallest absolute Gasteiger partial charge is 0.311 e. The van der Waals surface area contributed by atoms with Crippen LogP contribution in [0.15, 0.2) is 40.7 Å². The summed E-state index contributed by atoms with van der Waals surface area (Å²) in [5.74, 6) is 5.11. The summed E-state index contributed by atoms with van der Waals surface area (Å²) in [7, 11) is 0. The van der Waals surface area contributed by atoms with Crippen LogP contribution in [-0.2, 0) is 16.0 Å². The number of carbonyl (C=O) groups excluding carboxylic acids is 2. The molecule has 0 saturated carbocycles. The number of ether oxygens (including phenoxy) is 1. The molecular weight excluding hydrogens is 290 g/mol. The van der Waals surface area contributed by atoms with Crippen LogP contribution in [0.3, 0.4) is 0 Å². The molecule has 1 aromatic heterocycles. The zero-order valence-corrected chi connectivity index (χ0v) is 12.3. The van der Waals surface area contributed by atoms with Crippen LogP contribution in [-0.4, -0.2) is 23.2 Å². The number of nitrogen functional groups attached to an aromatic ring is 1. The van der Waals surface area contributed by atoms with Gasteiger partial charge in [0.25, 0.3) is 5.91 Å². The first-order valence-corrected chi connectivity index (χ1v) is 7.24. The molecule has 1 amide bonds. The average Bonchev–Trinajstić information content (AvgIpc) is 2.81. The van der Waals surface area contributed by atoms with Crippen molar-refractivity contribution < 1.29 is 14.3 Å². The lowest BCUT2D eigenvalue weighted by atomic mass is 10.2. The molecule has 2 aromatic rings. The fourth-order valence-corrected chi connectivity index (χ4v) is 2.46. The Balaban J connectivity index is 2.22. The number of thiazole rings is 1. The summed E-state index contributed by atoms with van der Waals surface area (Å²) in [4.78, 5) is 27.7. The quantitative estimate of drug-likeness (QED) is 0.677. The highest BCUT2D eigenvalue weighted by Crippen LogP contribution is 2.03. The SMILES string of the molecule is CCOC(=O)Cc1csc(=NC(=O)c2ccccc2)n1N. The number of nitrogens with zero attached hydrogens (tertiary/aromatic N) is 2. The van der Waals surface area contributed by atoms with Crippen LogP contribution < -0.4 is 10.6 Å². The summed E-state index contributed by atoms with van der Waals surface area (Å²) < 4.78 is 6.10. The van der Waals surface area contributed by atoms with E-state index in [-0.39, 0.29) is 18.3 Å². The van der Waals surface area contributed by atoms with Crippen LogP contribution in [0.1, 0.15) is 23.0 Å². The fraction of sp³-hybridized carbons (Fsp3) is 0.214. The topological polar surface area (TPSA) is 86.7 Å². The number of nitrogens with two attached hydrogens (primary N) is 1. The number of esters is 1. The van der Waals surface area contributed by atoms with E-state index in [1.807, 2.05) is 6.07 Å². The third-order valence-electron chi connectivity index (χ3n) is 2.66. The predicted molar refractivity (Wildman–Crippen MR) is 79.1 cm³/mol. The Morgan fingerprint density at radius 3 is 2.71 bits per heavy atom. The molecule has 0 radical (unpaired) electrons. The van der Waals surface area contributed by atoms with Gasteiger partial charge in [0.15, 0.2) is 0 Å². The standard InChI is InChI=1S/C14H15N3O3S/c1-2-20-12(18)8-11-9-21-14(17(11)15)16-13(19)10-6-4-3-5-7-10/h3-7,9H,2,8,15H2,1H3. The molecule has 2 N–H and O–H groups in total. The van der Waals surface area contributed by atoms with Gasteiger partial charge in [-0.1, -0.05) is 18.2 Å². The first-order valence-electron chi connectivity index (χ1n) is 6.36. The predicted octanol–water partition coefficient (Wildman–Crippen LogP) is 1.11. The van der Waals surface area contributed by atoms with Crippen molar-refractivity contribution in [1.29, 1.82) is 0 Å². The van der Waals surface area contributed by atoms with E-state index in [9.17, 15) is 9.59 Å². The van der Waals surface area contributed by atoms with E-state index in [2.05, 4.69) is 4.99 Å². The van der Waals surface area contributed by atoms with Crippen molar-refractivity contribution >= 4 is 23.2 Å². The van der Waals surface area contributed by atoms with Gasteiger partial charge in [0.1, 0.15) is 0 Å². The molecule has 110 valence electrons. The lowest BCUT2D eigenvalue weighted by Gasteiger charge is -2.02. The molecule has 0 saturated heterocycles. The van der Waals surface area contributed by atoms with Crippen molar-refractivity contribution in [1.82, 2.24) is 4.68 Å². The zero-order chi connectivity index (χ0) is 15.2. The first kappa shape index (κ1) is 15.0. The molecule has 6 nitrogen and oxygen atoms in total. The lowest BCUT2D eigenvalue weighted by Crippen LogP contribution is -2.27. The minimum absolute atomic E-state index is 0.0515. The number of hydrogen-bond donors (Lipinski definition) is 1. The van der Waals surface area contributed by atoms with Crippen molar-refractivity contribution in [2.75, 3.05) is 12.4 Å². The molecule has 2 rings (SSSR count).